The lowest BCUT2D eigenvalue weighted by atomic mass is 10.1. The summed E-state index contributed by atoms with van der Waals surface area (Å²) in [5, 5.41) is 3.36. The SMILES string of the molecule is CCC(Nc1ccc(NS(=O)(=O)CC)cc1)c1ccco1. The maximum atomic E-state index is 11.5. The number of furan rings is 1. The molecule has 1 aromatic heterocycles. The van der Waals surface area contributed by atoms with E-state index >= 15 is 0 Å². The minimum absolute atomic E-state index is 0.0589. The van der Waals surface area contributed by atoms with Crippen LogP contribution in [-0.4, -0.2) is 14.2 Å². The topological polar surface area (TPSA) is 71.3 Å². The van der Waals surface area contributed by atoms with Crippen LogP contribution in [-0.2, 0) is 10.0 Å². The molecule has 0 fully saturated rings. The van der Waals surface area contributed by atoms with Gasteiger partial charge in [0.15, 0.2) is 0 Å². The van der Waals surface area contributed by atoms with Crippen LogP contribution in [0, 0.1) is 0 Å². The summed E-state index contributed by atoms with van der Waals surface area (Å²) in [6.45, 7) is 3.68. The number of hydrogen-bond donors (Lipinski definition) is 2. The Bertz CT molecular complexity index is 649. The van der Waals surface area contributed by atoms with Crippen molar-refractivity contribution in [3.63, 3.8) is 0 Å². The van der Waals surface area contributed by atoms with E-state index in [1.54, 1.807) is 25.3 Å². The maximum Gasteiger partial charge on any atom is 0.232 e. The van der Waals surface area contributed by atoms with Gasteiger partial charge < -0.3 is 9.73 Å². The van der Waals surface area contributed by atoms with Crippen LogP contribution in [0.1, 0.15) is 32.1 Å². The summed E-state index contributed by atoms with van der Waals surface area (Å²) in [6, 6.07) is 11.1. The average Bonchev–Trinajstić information content (AvgIpc) is 3.00. The van der Waals surface area contributed by atoms with E-state index in [0.29, 0.717) is 5.69 Å². The normalized spacial score (nSPS) is 12.9. The van der Waals surface area contributed by atoms with Gasteiger partial charge >= 0.3 is 0 Å². The molecule has 5 nitrogen and oxygen atoms in total. The highest BCUT2D eigenvalue weighted by Crippen LogP contribution is 2.24. The van der Waals surface area contributed by atoms with Crippen molar-refractivity contribution in [2.24, 2.45) is 0 Å². The van der Waals surface area contributed by atoms with Gasteiger partial charge in [-0.1, -0.05) is 6.92 Å². The third-order valence-corrected chi connectivity index (χ3v) is 4.48. The van der Waals surface area contributed by atoms with Crippen LogP contribution >= 0.6 is 0 Å². The number of anilines is 2. The summed E-state index contributed by atoms with van der Waals surface area (Å²) < 4.78 is 30.9. The van der Waals surface area contributed by atoms with Crippen LogP contribution in [0.4, 0.5) is 11.4 Å². The van der Waals surface area contributed by atoms with E-state index in [9.17, 15) is 8.42 Å². The van der Waals surface area contributed by atoms with Gasteiger partial charge in [-0.2, -0.15) is 0 Å². The van der Waals surface area contributed by atoms with Crippen LogP contribution in [0.15, 0.2) is 47.1 Å². The fraction of sp³-hybridized carbons (Fsp3) is 0.333. The molecule has 0 aliphatic carbocycles. The molecule has 0 radical (unpaired) electrons. The first-order valence-corrected chi connectivity index (χ1v) is 8.59. The third kappa shape index (κ3) is 4.26. The second-order valence-electron chi connectivity index (χ2n) is 4.70. The van der Waals surface area contributed by atoms with Gasteiger partial charge in [0.1, 0.15) is 5.76 Å². The predicted octanol–water partition coefficient (Wildman–Crippen LogP) is 3.60. The predicted molar refractivity (Wildman–Crippen MR) is 84.9 cm³/mol. The van der Waals surface area contributed by atoms with E-state index in [1.165, 1.54) is 0 Å². The van der Waals surface area contributed by atoms with Crippen LogP contribution in [0.25, 0.3) is 0 Å². The first-order chi connectivity index (χ1) is 10.0. The molecule has 2 N–H and O–H groups in total. The van der Waals surface area contributed by atoms with Crippen molar-refractivity contribution < 1.29 is 12.8 Å². The highest BCUT2D eigenvalue weighted by molar-refractivity contribution is 7.92. The second kappa shape index (κ2) is 6.67. The number of benzene rings is 1. The quantitative estimate of drug-likeness (QED) is 0.819. The Morgan fingerprint density at radius 3 is 2.29 bits per heavy atom. The number of nitrogens with one attached hydrogen (secondary N) is 2. The third-order valence-electron chi connectivity index (χ3n) is 3.17. The van der Waals surface area contributed by atoms with Gasteiger partial charge in [-0.25, -0.2) is 8.42 Å². The van der Waals surface area contributed by atoms with E-state index < -0.39 is 10.0 Å². The summed E-state index contributed by atoms with van der Waals surface area (Å²) in [5.41, 5.74) is 1.48. The van der Waals surface area contributed by atoms with Crippen molar-refractivity contribution in [1.82, 2.24) is 0 Å². The van der Waals surface area contributed by atoms with Gasteiger partial charge in [-0.3, -0.25) is 4.72 Å². The lowest BCUT2D eigenvalue weighted by Gasteiger charge is -2.16. The Morgan fingerprint density at radius 1 is 1.10 bits per heavy atom. The van der Waals surface area contributed by atoms with E-state index in [0.717, 1.165) is 17.9 Å². The monoisotopic (exact) mass is 308 g/mol. The molecule has 1 aromatic carbocycles. The molecule has 0 aliphatic heterocycles. The van der Waals surface area contributed by atoms with Crippen molar-refractivity contribution in [2.75, 3.05) is 15.8 Å². The molecule has 0 saturated heterocycles. The molecular formula is C15H20N2O3S. The van der Waals surface area contributed by atoms with Crippen molar-refractivity contribution in [3.05, 3.63) is 48.4 Å². The first-order valence-electron chi connectivity index (χ1n) is 6.94. The van der Waals surface area contributed by atoms with Crippen LogP contribution in [0.3, 0.4) is 0 Å². The zero-order chi connectivity index (χ0) is 15.3. The van der Waals surface area contributed by atoms with Gasteiger partial charge in [-0.15, -0.1) is 0 Å². The lowest BCUT2D eigenvalue weighted by Crippen LogP contribution is -2.14. The highest BCUT2D eigenvalue weighted by atomic mass is 32.2. The van der Waals surface area contributed by atoms with Crippen molar-refractivity contribution in [1.29, 1.82) is 0 Å². The molecule has 1 unspecified atom stereocenters. The number of hydrogen-bond acceptors (Lipinski definition) is 4. The minimum atomic E-state index is -3.23. The van der Waals surface area contributed by atoms with Gasteiger partial charge in [0.25, 0.3) is 0 Å². The molecule has 0 aliphatic rings. The first kappa shape index (κ1) is 15.4. The second-order valence-corrected chi connectivity index (χ2v) is 6.71. The summed E-state index contributed by atoms with van der Waals surface area (Å²) in [4.78, 5) is 0. The van der Waals surface area contributed by atoms with Crippen molar-refractivity contribution in [3.8, 4) is 0 Å². The van der Waals surface area contributed by atoms with Crippen molar-refractivity contribution >= 4 is 21.4 Å². The Labute approximate surface area is 125 Å². The molecule has 1 atom stereocenters. The van der Waals surface area contributed by atoms with Crippen molar-refractivity contribution in [2.45, 2.75) is 26.3 Å². The molecule has 114 valence electrons. The highest BCUT2D eigenvalue weighted by Gasteiger charge is 2.12. The minimum Gasteiger partial charge on any atom is -0.467 e. The molecule has 0 spiro atoms. The zero-order valence-electron chi connectivity index (χ0n) is 12.2. The maximum absolute atomic E-state index is 11.5. The summed E-state index contributed by atoms with van der Waals surface area (Å²) >= 11 is 0. The van der Waals surface area contributed by atoms with E-state index in [1.807, 2.05) is 24.3 Å². The van der Waals surface area contributed by atoms with Gasteiger partial charge in [-0.05, 0) is 49.7 Å². The zero-order valence-corrected chi connectivity index (χ0v) is 13.0. The molecule has 2 aromatic rings. The Kier molecular flexibility index (Phi) is 4.90. The molecule has 21 heavy (non-hydrogen) atoms. The Morgan fingerprint density at radius 2 is 1.76 bits per heavy atom. The Balaban J connectivity index is 2.05. The molecule has 6 heteroatoms. The molecule has 1 heterocycles. The molecule has 0 amide bonds. The Hall–Kier alpha value is -1.95. The number of rotatable bonds is 7. The average molecular weight is 308 g/mol. The van der Waals surface area contributed by atoms with Crippen LogP contribution in [0.2, 0.25) is 0 Å². The lowest BCUT2D eigenvalue weighted by molar-refractivity contribution is 0.474. The largest absolute Gasteiger partial charge is 0.467 e. The van der Waals surface area contributed by atoms with Gasteiger partial charge in [0.05, 0.1) is 18.1 Å². The number of sulfonamides is 1. The fourth-order valence-electron chi connectivity index (χ4n) is 1.95. The van der Waals surface area contributed by atoms with E-state index in [-0.39, 0.29) is 11.8 Å². The molecule has 0 bridgehead atoms. The molecule has 2 rings (SSSR count). The summed E-state index contributed by atoms with van der Waals surface area (Å²) in [6.07, 6.45) is 2.54. The van der Waals surface area contributed by atoms with Crippen LogP contribution in [0.5, 0.6) is 0 Å². The summed E-state index contributed by atoms with van der Waals surface area (Å²) in [7, 11) is -3.23. The van der Waals surface area contributed by atoms with E-state index in [4.69, 9.17) is 4.42 Å². The fourth-order valence-corrected chi connectivity index (χ4v) is 2.59. The molecular weight excluding hydrogens is 288 g/mol. The smallest absolute Gasteiger partial charge is 0.232 e. The van der Waals surface area contributed by atoms with Gasteiger partial charge in [0.2, 0.25) is 10.0 Å². The van der Waals surface area contributed by atoms with E-state index in [2.05, 4.69) is 17.0 Å². The van der Waals surface area contributed by atoms with Gasteiger partial charge in [0, 0.05) is 11.4 Å². The van der Waals surface area contributed by atoms with Crippen LogP contribution < -0.4 is 10.0 Å². The standard InChI is InChI=1S/C15H20N2O3S/c1-3-14(15-6-5-11-20-15)16-12-7-9-13(10-8-12)17-21(18,19)4-2/h5-11,14,16-17H,3-4H2,1-2H3. The molecule has 0 saturated carbocycles. The summed E-state index contributed by atoms with van der Waals surface area (Å²) in [5.74, 6) is 0.942.